The van der Waals surface area contributed by atoms with E-state index in [4.69, 9.17) is 5.11 Å². The van der Waals surface area contributed by atoms with Crippen LogP contribution in [0.1, 0.15) is 12.5 Å². The summed E-state index contributed by atoms with van der Waals surface area (Å²) in [4.78, 5) is 22.1. The minimum atomic E-state index is -4.79. The van der Waals surface area contributed by atoms with Crippen LogP contribution in [0.15, 0.2) is 24.3 Å². The van der Waals surface area contributed by atoms with Gasteiger partial charge < -0.3 is 15.2 Å². The number of carbonyl (C=O) groups excluding carboxylic acids is 1. The van der Waals surface area contributed by atoms with Crippen molar-refractivity contribution in [2.45, 2.75) is 19.7 Å². The lowest BCUT2D eigenvalue weighted by Gasteiger charge is -2.11. The lowest BCUT2D eigenvalue weighted by molar-refractivity contribution is -0.274. The Labute approximate surface area is 118 Å². The Morgan fingerprint density at radius 2 is 2.05 bits per heavy atom. The Morgan fingerprint density at radius 1 is 1.38 bits per heavy atom. The molecule has 0 saturated carbocycles. The number of hydrogen-bond acceptors (Lipinski definition) is 3. The highest BCUT2D eigenvalue weighted by atomic mass is 19.4. The maximum Gasteiger partial charge on any atom is 0.573 e. The molecule has 1 unspecified atom stereocenters. The number of alkyl halides is 3. The van der Waals surface area contributed by atoms with E-state index >= 15 is 0 Å². The molecule has 0 aliphatic rings. The molecule has 0 radical (unpaired) electrons. The van der Waals surface area contributed by atoms with Gasteiger partial charge in [0.25, 0.3) is 0 Å². The number of carboxylic acids is 1. The van der Waals surface area contributed by atoms with Gasteiger partial charge in [0.2, 0.25) is 5.91 Å². The highest BCUT2D eigenvalue weighted by molar-refractivity contribution is 5.79. The van der Waals surface area contributed by atoms with Gasteiger partial charge in [-0.05, 0) is 17.7 Å². The van der Waals surface area contributed by atoms with Gasteiger partial charge in [-0.1, -0.05) is 19.1 Å². The molecule has 0 spiro atoms. The first kappa shape index (κ1) is 16.8. The molecule has 0 heterocycles. The summed E-state index contributed by atoms with van der Waals surface area (Å²) < 4.78 is 39.9. The predicted octanol–water partition coefficient (Wildman–Crippen LogP) is 1.96. The van der Waals surface area contributed by atoms with Gasteiger partial charge in [0.15, 0.2) is 0 Å². The number of carboxylic acid groups (broad SMARTS) is 1. The van der Waals surface area contributed by atoms with E-state index in [2.05, 4.69) is 10.1 Å². The van der Waals surface area contributed by atoms with Gasteiger partial charge in [-0.2, -0.15) is 0 Å². The lowest BCUT2D eigenvalue weighted by Crippen LogP contribution is -2.32. The van der Waals surface area contributed by atoms with Crippen molar-refractivity contribution >= 4 is 11.9 Å². The van der Waals surface area contributed by atoms with Crippen LogP contribution in [-0.4, -0.2) is 29.9 Å². The summed E-state index contributed by atoms with van der Waals surface area (Å²) >= 11 is 0. The monoisotopic (exact) mass is 305 g/mol. The molecule has 0 bridgehead atoms. The van der Waals surface area contributed by atoms with Gasteiger partial charge in [-0.25, -0.2) is 0 Å². The molecule has 0 saturated heterocycles. The molecule has 0 fully saturated rings. The van der Waals surface area contributed by atoms with Crippen LogP contribution < -0.4 is 10.1 Å². The average Bonchev–Trinajstić information content (AvgIpc) is 2.34. The first-order valence-electron chi connectivity index (χ1n) is 6.01. The van der Waals surface area contributed by atoms with Gasteiger partial charge in [0, 0.05) is 6.54 Å². The van der Waals surface area contributed by atoms with Crippen LogP contribution in [0.25, 0.3) is 0 Å². The largest absolute Gasteiger partial charge is 0.573 e. The number of carbonyl (C=O) groups is 2. The smallest absolute Gasteiger partial charge is 0.481 e. The van der Waals surface area contributed by atoms with E-state index in [9.17, 15) is 22.8 Å². The van der Waals surface area contributed by atoms with Crippen molar-refractivity contribution in [3.8, 4) is 5.75 Å². The first-order valence-corrected chi connectivity index (χ1v) is 6.01. The van der Waals surface area contributed by atoms with Crippen molar-refractivity contribution in [1.82, 2.24) is 5.32 Å². The SMILES string of the molecule is CC(CNC(=O)Cc1cccc(OC(F)(F)F)c1)C(=O)O. The zero-order valence-electron chi connectivity index (χ0n) is 11.1. The topological polar surface area (TPSA) is 75.6 Å². The zero-order chi connectivity index (χ0) is 16.0. The molecule has 5 nitrogen and oxygen atoms in total. The summed E-state index contributed by atoms with van der Waals surface area (Å²) in [6.07, 6.45) is -4.96. The lowest BCUT2D eigenvalue weighted by atomic mass is 10.1. The van der Waals surface area contributed by atoms with Crippen molar-refractivity contribution in [1.29, 1.82) is 0 Å². The molecule has 21 heavy (non-hydrogen) atoms. The fraction of sp³-hybridized carbons (Fsp3) is 0.385. The molecule has 1 amide bonds. The minimum absolute atomic E-state index is 0.0487. The van der Waals surface area contributed by atoms with Crippen LogP contribution in [0, 0.1) is 5.92 Å². The summed E-state index contributed by atoms with van der Waals surface area (Å²) in [7, 11) is 0. The number of hydrogen-bond donors (Lipinski definition) is 2. The van der Waals surface area contributed by atoms with Gasteiger partial charge in [0.05, 0.1) is 12.3 Å². The Balaban J connectivity index is 2.56. The van der Waals surface area contributed by atoms with E-state index in [1.54, 1.807) is 0 Å². The maximum atomic E-state index is 12.1. The summed E-state index contributed by atoms with van der Waals surface area (Å²) in [5.41, 5.74) is 0.331. The van der Waals surface area contributed by atoms with Gasteiger partial charge in [0.1, 0.15) is 5.75 Å². The number of aliphatic carboxylic acids is 1. The Hall–Kier alpha value is -2.25. The van der Waals surface area contributed by atoms with Crippen molar-refractivity contribution in [3.63, 3.8) is 0 Å². The number of halogens is 3. The summed E-state index contributed by atoms with van der Waals surface area (Å²) in [5, 5.41) is 11.1. The van der Waals surface area contributed by atoms with Gasteiger partial charge in [-0.3, -0.25) is 9.59 Å². The standard InChI is InChI=1S/C13H14F3NO4/c1-8(12(19)20)7-17-11(18)6-9-3-2-4-10(5-9)21-13(14,15)16/h2-5,8H,6-7H2,1H3,(H,17,18)(H,19,20). The highest BCUT2D eigenvalue weighted by Crippen LogP contribution is 2.23. The van der Waals surface area contributed by atoms with Crippen LogP contribution in [0.3, 0.4) is 0 Å². The number of benzene rings is 1. The Kier molecular flexibility index (Phi) is 5.57. The molecule has 8 heteroatoms. The number of ether oxygens (including phenoxy) is 1. The second-order valence-corrected chi connectivity index (χ2v) is 4.42. The van der Waals surface area contributed by atoms with E-state index in [0.717, 1.165) is 12.1 Å². The predicted molar refractivity (Wildman–Crippen MR) is 66.6 cm³/mol. The highest BCUT2D eigenvalue weighted by Gasteiger charge is 2.31. The van der Waals surface area contributed by atoms with Crippen LogP contribution in [0.5, 0.6) is 5.75 Å². The van der Waals surface area contributed by atoms with Gasteiger partial charge in [-0.15, -0.1) is 13.2 Å². The molecule has 1 aromatic rings. The fourth-order valence-corrected chi connectivity index (χ4v) is 1.45. The average molecular weight is 305 g/mol. The first-order chi connectivity index (χ1) is 9.67. The molecule has 0 aromatic heterocycles. The second-order valence-electron chi connectivity index (χ2n) is 4.42. The second kappa shape index (κ2) is 6.96. The molecule has 1 atom stereocenters. The third-order valence-electron chi connectivity index (χ3n) is 2.52. The van der Waals surface area contributed by atoms with Gasteiger partial charge >= 0.3 is 12.3 Å². The zero-order valence-corrected chi connectivity index (χ0v) is 11.1. The third-order valence-corrected chi connectivity index (χ3v) is 2.52. The Morgan fingerprint density at radius 3 is 2.62 bits per heavy atom. The van der Waals surface area contributed by atoms with E-state index in [-0.39, 0.29) is 13.0 Å². The van der Waals surface area contributed by atoms with E-state index < -0.39 is 29.9 Å². The van der Waals surface area contributed by atoms with E-state index in [1.165, 1.54) is 19.1 Å². The Bertz CT molecular complexity index is 516. The number of amides is 1. The molecule has 1 rings (SSSR count). The fourth-order valence-electron chi connectivity index (χ4n) is 1.45. The van der Waals surface area contributed by atoms with Crippen molar-refractivity contribution in [2.24, 2.45) is 5.92 Å². The molecule has 2 N–H and O–H groups in total. The third kappa shape index (κ3) is 6.64. The molecule has 0 aliphatic heterocycles. The number of nitrogens with one attached hydrogen (secondary N) is 1. The summed E-state index contributed by atoms with van der Waals surface area (Å²) in [6, 6.07) is 5.04. The molecular weight excluding hydrogens is 291 g/mol. The minimum Gasteiger partial charge on any atom is -0.481 e. The quantitative estimate of drug-likeness (QED) is 0.842. The van der Waals surface area contributed by atoms with E-state index in [1.807, 2.05) is 0 Å². The normalized spacial score (nSPS) is 12.6. The summed E-state index contributed by atoms with van der Waals surface area (Å²) in [5.74, 6) is -2.68. The van der Waals surface area contributed by atoms with Crippen LogP contribution >= 0.6 is 0 Å². The van der Waals surface area contributed by atoms with Crippen LogP contribution in [-0.2, 0) is 16.0 Å². The van der Waals surface area contributed by atoms with E-state index in [0.29, 0.717) is 5.56 Å². The maximum absolute atomic E-state index is 12.1. The molecule has 0 aliphatic carbocycles. The van der Waals surface area contributed by atoms with Crippen molar-refractivity contribution in [3.05, 3.63) is 29.8 Å². The molecule has 116 valence electrons. The molecule has 1 aromatic carbocycles. The van der Waals surface area contributed by atoms with Crippen LogP contribution in [0.2, 0.25) is 0 Å². The summed E-state index contributed by atoms with van der Waals surface area (Å²) in [6.45, 7) is 1.38. The van der Waals surface area contributed by atoms with Crippen molar-refractivity contribution in [2.75, 3.05) is 6.54 Å². The van der Waals surface area contributed by atoms with Crippen molar-refractivity contribution < 1.29 is 32.6 Å². The molecular formula is C13H14F3NO4. The van der Waals surface area contributed by atoms with Crippen LogP contribution in [0.4, 0.5) is 13.2 Å². The number of rotatable bonds is 6.